The van der Waals surface area contributed by atoms with Crippen molar-refractivity contribution in [1.82, 2.24) is 25.3 Å². The Labute approximate surface area is 374 Å². The summed E-state index contributed by atoms with van der Waals surface area (Å²) in [5.74, 6) is -5.38. The van der Waals surface area contributed by atoms with Gasteiger partial charge in [-0.1, -0.05) is 97.4 Å². The Kier molecular flexibility index (Phi) is 19.8. The predicted octanol–water partition coefficient (Wildman–Crippen LogP) is 5.54. The zero-order valence-corrected chi connectivity index (χ0v) is 39.3. The van der Waals surface area contributed by atoms with Crippen molar-refractivity contribution in [2.24, 2.45) is 35.5 Å². The summed E-state index contributed by atoms with van der Waals surface area (Å²) in [6, 6.07) is 11.7. The highest BCUT2D eigenvalue weighted by Crippen LogP contribution is 2.32. The Morgan fingerprint density at radius 3 is 1.92 bits per heavy atom. The first-order chi connectivity index (χ1) is 29.7. The van der Waals surface area contributed by atoms with Gasteiger partial charge in [-0.3, -0.25) is 28.9 Å². The number of carbonyl (C=O) groups excluding carboxylic acids is 8. The maximum Gasteiger partial charge on any atom is 0.338 e. The van der Waals surface area contributed by atoms with Gasteiger partial charge in [0.05, 0.1) is 17.6 Å². The average molecular weight is 874 g/mol. The predicted molar refractivity (Wildman–Crippen MR) is 241 cm³/mol. The maximum atomic E-state index is 14.3. The van der Waals surface area contributed by atoms with E-state index in [0.29, 0.717) is 43.2 Å². The summed E-state index contributed by atoms with van der Waals surface area (Å²) >= 11 is 0. The minimum atomic E-state index is -0.910. The number of Topliss-reactive ketones (excluding diaryl/α,β-unsaturated/α-hetero) is 1. The molecule has 1 aliphatic heterocycles. The van der Waals surface area contributed by atoms with E-state index in [0.717, 1.165) is 6.29 Å². The normalized spacial score (nSPS) is 18.3. The van der Waals surface area contributed by atoms with Crippen LogP contribution in [-0.2, 0) is 33.5 Å². The molecule has 1 fully saturated rings. The number of amides is 4. The van der Waals surface area contributed by atoms with Gasteiger partial charge in [0, 0.05) is 55.4 Å². The van der Waals surface area contributed by atoms with Crippen molar-refractivity contribution >= 4 is 48.0 Å². The van der Waals surface area contributed by atoms with Crippen LogP contribution in [0.2, 0.25) is 0 Å². The van der Waals surface area contributed by atoms with Crippen molar-refractivity contribution in [2.75, 3.05) is 27.7 Å². The number of nitrogens with zero attached hydrogens (tertiary/aromatic N) is 3. The van der Waals surface area contributed by atoms with E-state index in [2.05, 4.69) is 10.6 Å². The lowest BCUT2D eigenvalue weighted by Gasteiger charge is -2.40. The van der Waals surface area contributed by atoms with Gasteiger partial charge in [-0.25, -0.2) is 4.79 Å². The molecule has 10 atom stereocenters. The van der Waals surface area contributed by atoms with E-state index < -0.39 is 65.9 Å². The summed E-state index contributed by atoms with van der Waals surface area (Å²) < 4.78 is 5.96. The summed E-state index contributed by atoms with van der Waals surface area (Å²) in [5, 5.41) is 5.92. The molecule has 1 aliphatic rings. The molecule has 0 bridgehead atoms. The monoisotopic (exact) mass is 874 g/mol. The number of hydrogen-bond donors (Lipinski definition) is 2. The van der Waals surface area contributed by atoms with Crippen LogP contribution in [0.5, 0.6) is 0 Å². The number of benzene rings is 2. The number of carbonyl (C=O) groups is 8. The molecule has 0 aromatic heterocycles. The molecule has 4 amide bonds. The van der Waals surface area contributed by atoms with Crippen molar-refractivity contribution in [1.29, 1.82) is 0 Å². The summed E-state index contributed by atoms with van der Waals surface area (Å²) in [4.78, 5) is 112. The number of ether oxygens (including phenoxy) is 1. The van der Waals surface area contributed by atoms with Crippen molar-refractivity contribution in [3.8, 4) is 0 Å². The third-order valence-corrected chi connectivity index (χ3v) is 12.7. The van der Waals surface area contributed by atoms with Crippen molar-refractivity contribution in [2.45, 2.75) is 124 Å². The average Bonchev–Trinajstić information content (AvgIpc) is 3.73. The number of nitrogens with one attached hydrogen (secondary N) is 2. The van der Waals surface area contributed by atoms with Crippen LogP contribution in [0.3, 0.4) is 0 Å². The molecule has 0 saturated carbocycles. The fraction of sp³-hybridized carbons (Fsp3) is 0.592. The zero-order chi connectivity index (χ0) is 47.3. The largest absolute Gasteiger partial charge is 0.452 e. The molecule has 0 radical (unpaired) electrons. The summed E-state index contributed by atoms with van der Waals surface area (Å²) in [6.07, 6.45) is 1.96. The highest BCUT2D eigenvalue weighted by molar-refractivity contribution is 5.96. The SMILES string of the molecule is CC[C@H](C)[C@@H]([C@H](C=O)CC(=O)N1CCC[C@H]1[C@H](C=O)[C@@H](C)C(=O)N[C@H](C)C(OC(=O)c1ccc(C(C)=O)cc1)c1ccccc1)N(C)C(=O)[C@@H](NC(=O)[C@H](C(C)C)N(C)C)C(C)C. The first kappa shape index (κ1) is 52.1. The van der Waals surface area contributed by atoms with Crippen LogP contribution in [0.15, 0.2) is 54.6 Å². The van der Waals surface area contributed by atoms with Crippen LogP contribution < -0.4 is 10.6 Å². The van der Waals surface area contributed by atoms with Crippen molar-refractivity contribution < 1.29 is 43.1 Å². The van der Waals surface area contributed by atoms with Gasteiger partial charge in [0.15, 0.2) is 5.78 Å². The van der Waals surface area contributed by atoms with Crippen LogP contribution in [0.4, 0.5) is 0 Å². The minimum Gasteiger partial charge on any atom is -0.452 e. The topological polar surface area (TPSA) is 180 Å². The smallest absolute Gasteiger partial charge is 0.338 e. The molecule has 1 unspecified atom stereocenters. The van der Waals surface area contributed by atoms with Gasteiger partial charge in [0.2, 0.25) is 23.6 Å². The summed E-state index contributed by atoms with van der Waals surface area (Å²) in [6.45, 7) is 16.6. The molecule has 14 nitrogen and oxygen atoms in total. The molecule has 2 N–H and O–H groups in total. The molecular weight excluding hydrogens is 803 g/mol. The third-order valence-electron chi connectivity index (χ3n) is 12.7. The van der Waals surface area contributed by atoms with Crippen molar-refractivity contribution in [3.63, 3.8) is 0 Å². The van der Waals surface area contributed by atoms with E-state index in [1.165, 1.54) is 24.0 Å². The van der Waals surface area contributed by atoms with E-state index in [1.54, 1.807) is 62.2 Å². The Balaban J connectivity index is 1.80. The Morgan fingerprint density at radius 1 is 0.810 bits per heavy atom. The van der Waals surface area contributed by atoms with Crippen LogP contribution in [0.25, 0.3) is 0 Å². The number of aldehydes is 2. The van der Waals surface area contributed by atoms with Gasteiger partial charge in [-0.2, -0.15) is 0 Å². The summed E-state index contributed by atoms with van der Waals surface area (Å²) in [5.41, 5.74) is 1.31. The van der Waals surface area contributed by atoms with Gasteiger partial charge >= 0.3 is 5.97 Å². The molecule has 0 spiro atoms. The van der Waals surface area contributed by atoms with Gasteiger partial charge in [-0.15, -0.1) is 0 Å². The molecule has 2 aromatic carbocycles. The van der Waals surface area contributed by atoms with Crippen molar-refractivity contribution in [3.05, 3.63) is 71.3 Å². The highest BCUT2D eigenvalue weighted by Gasteiger charge is 2.43. The second kappa shape index (κ2) is 24.0. The van der Waals surface area contributed by atoms with Gasteiger partial charge in [0.1, 0.15) is 24.7 Å². The summed E-state index contributed by atoms with van der Waals surface area (Å²) in [7, 11) is 5.25. The molecule has 63 heavy (non-hydrogen) atoms. The van der Waals surface area contributed by atoms with E-state index in [9.17, 15) is 38.4 Å². The van der Waals surface area contributed by atoms with Crippen LogP contribution >= 0.6 is 0 Å². The lowest BCUT2D eigenvalue weighted by atomic mass is 9.83. The van der Waals surface area contributed by atoms with Gasteiger partial charge in [0.25, 0.3) is 0 Å². The Bertz CT molecular complexity index is 1880. The standard InChI is InChI=1S/C49H71N5O9/c1-13-31(6)44(53(12)48(61)42(29(2)3)51-47(60)43(30(4)5)52(10)11)38(27-55)26-41(58)54-25-17-20-40(54)39(28-56)32(7)46(59)50-33(8)45(36-18-15-14-16-19-36)63-49(62)37-23-21-35(22-24-37)34(9)57/h14-16,18-19,21-24,27-33,38-40,42-45H,13,17,20,25-26H2,1-12H3,(H,50,59)(H,51,60)/t31-,32+,33+,38-,39+,40-,42-,43-,44-,45?/m0/s1. The number of rotatable bonds is 23. The number of likely N-dealkylation sites (tertiary alicyclic amines) is 1. The van der Waals surface area contributed by atoms with Crippen LogP contribution in [0.1, 0.15) is 120 Å². The fourth-order valence-corrected chi connectivity index (χ4v) is 8.93. The third kappa shape index (κ3) is 13.4. The van der Waals surface area contributed by atoms with Gasteiger partial charge in [-0.05, 0) is 76.2 Å². The molecule has 1 heterocycles. The molecular formula is C49H71N5O9. The van der Waals surface area contributed by atoms with Crippen LogP contribution in [0, 0.1) is 35.5 Å². The van der Waals surface area contributed by atoms with E-state index in [1.807, 2.05) is 66.6 Å². The minimum absolute atomic E-state index is 0.0116. The second-order valence-corrected chi connectivity index (χ2v) is 18.2. The maximum absolute atomic E-state index is 14.3. The van der Waals surface area contributed by atoms with Crippen LogP contribution in [-0.4, -0.2) is 121 Å². The molecule has 1 saturated heterocycles. The van der Waals surface area contributed by atoms with E-state index in [4.69, 9.17) is 4.74 Å². The second-order valence-electron chi connectivity index (χ2n) is 18.2. The fourth-order valence-electron chi connectivity index (χ4n) is 8.93. The Hall–Kier alpha value is -5.24. The van der Waals surface area contributed by atoms with E-state index in [-0.39, 0.29) is 53.2 Å². The first-order valence-electron chi connectivity index (χ1n) is 22.3. The Morgan fingerprint density at radius 2 is 1.41 bits per heavy atom. The zero-order valence-electron chi connectivity index (χ0n) is 39.3. The molecule has 0 aliphatic carbocycles. The quantitative estimate of drug-likeness (QED) is 0.0819. The number of esters is 1. The molecule has 2 aromatic rings. The molecule has 14 heteroatoms. The molecule has 346 valence electrons. The first-order valence-corrected chi connectivity index (χ1v) is 22.3. The molecule has 3 rings (SSSR count). The number of ketones is 1. The number of likely N-dealkylation sites (N-methyl/N-ethyl adjacent to an activating group) is 2. The van der Waals surface area contributed by atoms with E-state index >= 15 is 0 Å². The lowest BCUT2D eigenvalue weighted by Crippen LogP contribution is -2.59. The lowest BCUT2D eigenvalue weighted by molar-refractivity contribution is -0.144. The highest BCUT2D eigenvalue weighted by atomic mass is 16.5. The van der Waals surface area contributed by atoms with Gasteiger partial charge < -0.3 is 34.8 Å². The number of hydrogen-bond acceptors (Lipinski definition) is 10.